The van der Waals surface area contributed by atoms with Crippen molar-refractivity contribution in [1.82, 2.24) is 0 Å². The zero-order valence-electron chi connectivity index (χ0n) is 17.4. The van der Waals surface area contributed by atoms with E-state index in [0.29, 0.717) is 28.8 Å². The van der Waals surface area contributed by atoms with Gasteiger partial charge in [0.2, 0.25) is 5.91 Å². The van der Waals surface area contributed by atoms with Gasteiger partial charge >= 0.3 is 5.97 Å². The predicted octanol–water partition coefficient (Wildman–Crippen LogP) is 3.65. The Kier molecular flexibility index (Phi) is 9.80. The molecule has 2 aromatic rings. The second-order valence-electron chi connectivity index (χ2n) is 6.52. The number of anilines is 2. The van der Waals surface area contributed by atoms with Gasteiger partial charge in [0, 0.05) is 24.9 Å². The van der Waals surface area contributed by atoms with Crippen molar-refractivity contribution < 1.29 is 28.6 Å². The van der Waals surface area contributed by atoms with Crippen LogP contribution >= 0.6 is 11.6 Å². The monoisotopic (exact) mass is 448 g/mol. The molecule has 2 N–H and O–H groups in total. The molecule has 2 aromatic carbocycles. The average Bonchev–Trinajstić information content (AvgIpc) is 2.75. The number of methoxy groups -OCH3 is 1. The summed E-state index contributed by atoms with van der Waals surface area (Å²) >= 11 is 6.04. The minimum Gasteiger partial charge on any atom is -0.479 e. The number of para-hydroxylation sites is 1. The Bertz CT molecular complexity index is 888. The normalized spacial score (nSPS) is 11.3. The number of rotatable bonds is 11. The van der Waals surface area contributed by atoms with E-state index in [1.165, 1.54) is 7.11 Å². The molecule has 31 heavy (non-hydrogen) atoms. The summed E-state index contributed by atoms with van der Waals surface area (Å²) in [5.41, 5.74) is 1.08. The van der Waals surface area contributed by atoms with Crippen LogP contribution < -0.4 is 15.4 Å². The molecule has 0 saturated heterocycles. The SMILES string of the molecule is COCCOC(=O)CCC(=O)Nc1ccc(NC(=O)C(C)Oc2ccccc2Cl)cc1. The smallest absolute Gasteiger partial charge is 0.306 e. The van der Waals surface area contributed by atoms with Gasteiger partial charge in [0.15, 0.2) is 6.10 Å². The van der Waals surface area contributed by atoms with Gasteiger partial charge in [-0.05, 0) is 43.3 Å². The average molecular weight is 449 g/mol. The van der Waals surface area contributed by atoms with Crippen molar-refractivity contribution >= 4 is 40.8 Å². The molecular formula is C22H25ClN2O6. The lowest BCUT2D eigenvalue weighted by Crippen LogP contribution is -2.30. The highest BCUT2D eigenvalue weighted by Gasteiger charge is 2.16. The number of hydrogen-bond donors (Lipinski definition) is 2. The number of carbonyl (C=O) groups is 3. The molecule has 9 heteroatoms. The third-order valence-electron chi connectivity index (χ3n) is 4.05. The molecule has 0 aliphatic heterocycles. The standard InChI is InChI=1S/C22H25ClN2O6/c1-15(31-19-6-4-3-5-18(19)23)22(28)25-17-9-7-16(8-10-17)24-20(26)11-12-21(27)30-14-13-29-2/h3-10,15H,11-14H2,1-2H3,(H,24,26)(H,25,28). The first-order valence-corrected chi connectivity index (χ1v) is 10.0. The van der Waals surface area contributed by atoms with Crippen LogP contribution in [0.3, 0.4) is 0 Å². The fraction of sp³-hybridized carbons (Fsp3) is 0.318. The number of benzene rings is 2. The molecule has 1 atom stereocenters. The molecule has 0 saturated carbocycles. The lowest BCUT2D eigenvalue weighted by atomic mass is 10.2. The Morgan fingerprint density at radius 2 is 1.58 bits per heavy atom. The van der Waals surface area contributed by atoms with Gasteiger partial charge in [-0.2, -0.15) is 0 Å². The maximum absolute atomic E-state index is 12.3. The molecule has 2 rings (SSSR count). The summed E-state index contributed by atoms with van der Waals surface area (Å²) in [4.78, 5) is 35.8. The lowest BCUT2D eigenvalue weighted by Gasteiger charge is -2.15. The van der Waals surface area contributed by atoms with E-state index in [2.05, 4.69) is 10.6 Å². The van der Waals surface area contributed by atoms with Crippen LogP contribution in [0.15, 0.2) is 48.5 Å². The molecule has 0 spiro atoms. The molecule has 0 heterocycles. The number of amides is 2. The molecule has 0 fully saturated rings. The van der Waals surface area contributed by atoms with Gasteiger partial charge in [-0.15, -0.1) is 0 Å². The van der Waals surface area contributed by atoms with Crippen molar-refractivity contribution in [1.29, 1.82) is 0 Å². The first-order chi connectivity index (χ1) is 14.9. The zero-order chi connectivity index (χ0) is 22.6. The van der Waals surface area contributed by atoms with Gasteiger partial charge in [-0.3, -0.25) is 14.4 Å². The van der Waals surface area contributed by atoms with Gasteiger partial charge in [0.05, 0.1) is 18.1 Å². The van der Waals surface area contributed by atoms with Gasteiger partial charge in [-0.25, -0.2) is 0 Å². The maximum atomic E-state index is 12.3. The molecular weight excluding hydrogens is 424 g/mol. The summed E-state index contributed by atoms with van der Waals surface area (Å²) in [5, 5.41) is 5.84. The third kappa shape index (κ3) is 8.65. The van der Waals surface area contributed by atoms with Crippen LogP contribution in [-0.2, 0) is 23.9 Å². The van der Waals surface area contributed by atoms with Crippen LogP contribution in [-0.4, -0.2) is 44.2 Å². The van der Waals surface area contributed by atoms with E-state index < -0.39 is 12.1 Å². The van der Waals surface area contributed by atoms with Crippen LogP contribution in [0.5, 0.6) is 5.75 Å². The first kappa shape index (κ1) is 24.2. The van der Waals surface area contributed by atoms with Crippen molar-refractivity contribution in [3.8, 4) is 5.75 Å². The molecule has 0 aliphatic carbocycles. The predicted molar refractivity (Wildman–Crippen MR) is 117 cm³/mol. The van der Waals surface area contributed by atoms with Gasteiger partial charge in [0.25, 0.3) is 5.91 Å². The van der Waals surface area contributed by atoms with Crippen LogP contribution in [0.4, 0.5) is 11.4 Å². The molecule has 0 aromatic heterocycles. The van der Waals surface area contributed by atoms with Gasteiger partial charge in [0.1, 0.15) is 12.4 Å². The molecule has 0 radical (unpaired) electrons. The highest BCUT2D eigenvalue weighted by Crippen LogP contribution is 2.24. The Morgan fingerprint density at radius 1 is 0.935 bits per heavy atom. The van der Waals surface area contributed by atoms with Crippen molar-refractivity contribution in [3.63, 3.8) is 0 Å². The molecule has 1 unspecified atom stereocenters. The van der Waals surface area contributed by atoms with E-state index in [1.807, 2.05) is 0 Å². The molecule has 2 amide bonds. The van der Waals surface area contributed by atoms with Crippen LogP contribution in [0.2, 0.25) is 5.02 Å². The van der Waals surface area contributed by atoms with Crippen LogP contribution in [0.25, 0.3) is 0 Å². The summed E-state index contributed by atoms with van der Waals surface area (Å²) in [7, 11) is 1.51. The van der Waals surface area contributed by atoms with Crippen LogP contribution in [0.1, 0.15) is 19.8 Å². The fourth-order valence-electron chi connectivity index (χ4n) is 2.42. The largest absolute Gasteiger partial charge is 0.479 e. The number of esters is 1. The number of ether oxygens (including phenoxy) is 3. The Balaban J connectivity index is 1.78. The fourth-order valence-corrected chi connectivity index (χ4v) is 2.60. The first-order valence-electron chi connectivity index (χ1n) is 9.65. The van der Waals surface area contributed by atoms with Gasteiger partial charge in [-0.1, -0.05) is 23.7 Å². The number of halogens is 1. The zero-order valence-corrected chi connectivity index (χ0v) is 18.1. The number of nitrogens with one attached hydrogen (secondary N) is 2. The molecule has 8 nitrogen and oxygen atoms in total. The van der Waals surface area contributed by atoms with E-state index in [4.69, 9.17) is 25.8 Å². The molecule has 0 aliphatic rings. The van der Waals surface area contributed by atoms with Crippen molar-refractivity contribution in [3.05, 3.63) is 53.6 Å². The van der Waals surface area contributed by atoms with E-state index in [1.54, 1.807) is 55.5 Å². The number of carbonyl (C=O) groups excluding carboxylic acids is 3. The second-order valence-corrected chi connectivity index (χ2v) is 6.93. The second kappa shape index (κ2) is 12.6. The van der Waals surface area contributed by atoms with E-state index >= 15 is 0 Å². The molecule has 166 valence electrons. The quantitative estimate of drug-likeness (QED) is 0.401. The van der Waals surface area contributed by atoms with Crippen molar-refractivity contribution in [2.75, 3.05) is 31.0 Å². The van der Waals surface area contributed by atoms with Crippen molar-refractivity contribution in [2.24, 2.45) is 0 Å². The van der Waals surface area contributed by atoms with Crippen LogP contribution in [0, 0.1) is 0 Å². The van der Waals surface area contributed by atoms with E-state index in [0.717, 1.165) is 0 Å². The topological polar surface area (TPSA) is 103 Å². The minimum atomic E-state index is -0.761. The highest BCUT2D eigenvalue weighted by molar-refractivity contribution is 6.32. The van der Waals surface area contributed by atoms with E-state index in [-0.39, 0.29) is 31.3 Å². The lowest BCUT2D eigenvalue weighted by molar-refractivity contribution is -0.145. The Hall–Kier alpha value is -3.10. The third-order valence-corrected chi connectivity index (χ3v) is 4.36. The van der Waals surface area contributed by atoms with E-state index in [9.17, 15) is 14.4 Å². The maximum Gasteiger partial charge on any atom is 0.306 e. The Labute approximate surface area is 185 Å². The van der Waals surface area contributed by atoms with Gasteiger partial charge < -0.3 is 24.8 Å². The summed E-state index contributed by atoms with van der Waals surface area (Å²) in [6, 6.07) is 13.5. The highest BCUT2D eigenvalue weighted by atomic mass is 35.5. The summed E-state index contributed by atoms with van der Waals surface area (Å²) in [5.74, 6) is -0.697. The summed E-state index contributed by atoms with van der Waals surface area (Å²) in [6.45, 7) is 2.09. The molecule has 0 bridgehead atoms. The van der Waals surface area contributed by atoms with Crippen molar-refractivity contribution in [2.45, 2.75) is 25.9 Å². The Morgan fingerprint density at radius 3 is 2.23 bits per heavy atom. The summed E-state index contributed by atoms with van der Waals surface area (Å²) in [6.07, 6.45) is -0.781. The minimum absolute atomic E-state index is 0.00119. The number of hydrogen-bond acceptors (Lipinski definition) is 6. The summed E-state index contributed by atoms with van der Waals surface area (Å²) < 4.78 is 15.3.